The second kappa shape index (κ2) is 6.62. The van der Waals surface area contributed by atoms with Crippen molar-refractivity contribution in [2.45, 2.75) is 40.2 Å². The Kier molecular flexibility index (Phi) is 5.06. The normalized spacial score (nSPS) is 21.7. The van der Waals surface area contributed by atoms with Crippen molar-refractivity contribution >= 4 is 5.91 Å². The molecule has 0 radical (unpaired) electrons. The lowest BCUT2D eigenvalue weighted by Crippen LogP contribution is -2.38. The topological polar surface area (TPSA) is 63.5 Å². The molecule has 0 aliphatic carbocycles. The molecule has 1 aromatic rings. The van der Waals surface area contributed by atoms with E-state index in [9.17, 15) is 9.90 Å². The number of aliphatic hydroxyl groups is 1. The van der Waals surface area contributed by atoms with Gasteiger partial charge in [0.1, 0.15) is 0 Å². The number of carbonyl (C=O) groups is 1. The van der Waals surface area contributed by atoms with Crippen molar-refractivity contribution in [2.75, 3.05) is 26.4 Å². The molecule has 1 aliphatic heterocycles. The molecule has 1 fully saturated rings. The van der Waals surface area contributed by atoms with Gasteiger partial charge in [0.05, 0.1) is 12.2 Å². The van der Waals surface area contributed by atoms with Gasteiger partial charge in [-0.3, -0.25) is 4.79 Å². The summed E-state index contributed by atoms with van der Waals surface area (Å²) in [7, 11) is 0. The fourth-order valence-corrected chi connectivity index (χ4v) is 3.19. The highest BCUT2D eigenvalue weighted by Crippen LogP contribution is 2.31. The van der Waals surface area contributed by atoms with Crippen LogP contribution < -0.4 is 5.32 Å². The van der Waals surface area contributed by atoms with Gasteiger partial charge in [-0.1, -0.05) is 0 Å². The van der Waals surface area contributed by atoms with Crippen LogP contribution in [0.4, 0.5) is 0 Å². The van der Waals surface area contributed by atoms with Gasteiger partial charge in [-0.2, -0.15) is 0 Å². The fraction of sp³-hybridized carbons (Fsp3) is 0.688. The predicted molar refractivity (Wildman–Crippen MR) is 81.5 cm³/mol. The summed E-state index contributed by atoms with van der Waals surface area (Å²) in [5.41, 5.74) is 2.74. The maximum atomic E-state index is 12.4. The van der Waals surface area contributed by atoms with Gasteiger partial charge < -0.3 is 19.7 Å². The zero-order valence-electron chi connectivity index (χ0n) is 13.2. The highest BCUT2D eigenvalue weighted by molar-refractivity contribution is 5.95. The largest absolute Gasteiger partial charge is 0.396 e. The number of ether oxygens (including phenoxy) is 1. The number of nitrogens with one attached hydrogen (secondary N) is 1. The second-order valence-corrected chi connectivity index (χ2v) is 5.99. The lowest BCUT2D eigenvalue weighted by atomic mass is 9.84. The van der Waals surface area contributed by atoms with Crippen molar-refractivity contribution in [1.82, 2.24) is 9.88 Å². The van der Waals surface area contributed by atoms with E-state index in [0.29, 0.717) is 26.2 Å². The monoisotopic (exact) mass is 294 g/mol. The lowest BCUT2D eigenvalue weighted by molar-refractivity contribution is 0.0889. The summed E-state index contributed by atoms with van der Waals surface area (Å²) in [5, 5.41) is 12.2. The minimum absolute atomic E-state index is 0.0352. The first-order valence-electron chi connectivity index (χ1n) is 7.66. The van der Waals surface area contributed by atoms with E-state index in [1.54, 1.807) is 0 Å². The average molecular weight is 294 g/mol. The third-order valence-electron chi connectivity index (χ3n) is 4.59. The van der Waals surface area contributed by atoms with Crippen LogP contribution in [0.15, 0.2) is 6.07 Å². The summed E-state index contributed by atoms with van der Waals surface area (Å²) < 4.78 is 7.58. The molecule has 1 atom stereocenters. The van der Waals surface area contributed by atoms with Gasteiger partial charge in [0.15, 0.2) is 0 Å². The molecule has 1 saturated heterocycles. The van der Waals surface area contributed by atoms with E-state index in [1.165, 1.54) is 0 Å². The molecule has 1 amide bonds. The summed E-state index contributed by atoms with van der Waals surface area (Å²) in [6.07, 6.45) is 1.56. The summed E-state index contributed by atoms with van der Waals surface area (Å²) in [4.78, 5) is 12.4. The quantitative estimate of drug-likeness (QED) is 0.838. The Morgan fingerprint density at radius 1 is 1.52 bits per heavy atom. The van der Waals surface area contributed by atoms with E-state index in [1.807, 2.05) is 19.9 Å². The number of rotatable bonds is 6. The Labute approximate surface area is 126 Å². The maximum Gasteiger partial charge on any atom is 0.253 e. The van der Waals surface area contributed by atoms with Crippen LogP contribution in [0.2, 0.25) is 0 Å². The maximum absolute atomic E-state index is 12.4. The van der Waals surface area contributed by atoms with Gasteiger partial charge in [-0.25, -0.2) is 0 Å². The van der Waals surface area contributed by atoms with E-state index >= 15 is 0 Å². The summed E-state index contributed by atoms with van der Waals surface area (Å²) in [6, 6.07) is 1.94. The number of hydrogen-bond acceptors (Lipinski definition) is 3. The van der Waals surface area contributed by atoms with Crippen LogP contribution in [-0.2, 0) is 11.3 Å². The molecule has 118 valence electrons. The van der Waals surface area contributed by atoms with E-state index in [4.69, 9.17) is 4.74 Å². The number of aromatic nitrogens is 1. The Hall–Kier alpha value is -1.33. The number of nitrogens with zero attached hydrogens (tertiary/aromatic N) is 1. The number of aliphatic hydroxyl groups excluding tert-OH is 1. The molecule has 1 aliphatic rings. The van der Waals surface area contributed by atoms with E-state index < -0.39 is 0 Å². The van der Waals surface area contributed by atoms with Gasteiger partial charge in [0, 0.05) is 43.1 Å². The molecular weight excluding hydrogens is 268 g/mol. The molecule has 1 unspecified atom stereocenters. The van der Waals surface area contributed by atoms with Gasteiger partial charge in [-0.05, 0) is 39.7 Å². The first-order valence-corrected chi connectivity index (χ1v) is 7.66. The number of aryl methyl sites for hydroxylation is 1. The standard InChI is InChI=1S/C16H26N2O3/c1-4-18-12(2)9-14(13(18)3)15(20)17-10-16(5-7-19)6-8-21-11-16/h9,19H,4-8,10-11H2,1-3H3,(H,17,20). The molecule has 0 saturated carbocycles. The summed E-state index contributed by atoms with van der Waals surface area (Å²) in [6.45, 7) is 8.95. The molecule has 2 N–H and O–H groups in total. The molecule has 2 heterocycles. The summed E-state index contributed by atoms with van der Waals surface area (Å²) >= 11 is 0. The third kappa shape index (κ3) is 3.30. The Bertz CT molecular complexity index is 502. The van der Waals surface area contributed by atoms with E-state index in [0.717, 1.165) is 29.9 Å². The molecule has 0 aromatic carbocycles. The summed E-state index contributed by atoms with van der Waals surface area (Å²) in [5.74, 6) is -0.0352. The smallest absolute Gasteiger partial charge is 0.253 e. The second-order valence-electron chi connectivity index (χ2n) is 5.99. The number of amides is 1. The first-order chi connectivity index (χ1) is 10.0. The van der Waals surface area contributed by atoms with Gasteiger partial charge in [0.25, 0.3) is 5.91 Å². The zero-order valence-corrected chi connectivity index (χ0v) is 13.2. The van der Waals surface area contributed by atoms with Crippen LogP contribution >= 0.6 is 0 Å². The third-order valence-corrected chi connectivity index (χ3v) is 4.59. The first kappa shape index (κ1) is 16.0. The number of carbonyl (C=O) groups excluding carboxylic acids is 1. The Morgan fingerprint density at radius 3 is 2.81 bits per heavy atom. The van der Waals surface area contributed by atoms with E-state index in [-0.39, 0.29) is 17.9 Å². The van der Waals surface area contributed by atoms with E-state index in [2.05, 4.69) is 16.8 Å². The molecule has 1 aromatic heterocycles. The highest BCUT2D eigenvalue weighted by Gasteiger charge is 2.35. The van der Waals surface area contributed by atoms with Gasteiger partial charge >= 0.3 is 0 Å². The van der Waals surface area contributed by atoms with Crippen molar-refractivity contribution in [1.29, 1.82) is 0 Å². The van der Waals surface area contributed by atoms with Crippen molar-refractivity contribution in [3.63, 3.8) is 0 Å². The molecule has 0 spiro atoms. The van der Waals surface area contributed by atoms with Crippen molar-refractivity contribution < 1.29 is 14.6 Å². The molecule has 5 nitrogen and oxygen atoms in total. The van der Waals surface area contributed by atoms with Crippen molar-refractivity contribution in [2.24, 2.45) is 5.41 Å². The van der Waals surface area contributed by atoms with Crippen molar-refractivity contribution in [3.8, 4) is 0 Å². The molecule has 21 heavy (non-hydrogen) atoms. The molecule has 5 heteroatoms. The Morgan fingerprint density at radius 2 is 2.29 bits per heavy atom. The van der Waals surface area contributed by atoms with Gasteiger partial charge in [0.2, 0.25) is 0 Å². The van der Waals surface area contributed by atoms with Crippen LogP contribution in [-0.4, -0.2) is 41.9 Å². The molecule has 2 rings (SSSR count). The van der Waals surface area contributed by atoms with Crippen molar-refractivity contribution in [3.05, 3.63) is 23.0 Å². The Balaban J connectivity index is 2.04. The SMILES string of the molecule is CCn1c(C)cc(C(=O)NCC2(CCO)CCOC2)c1C. The molecule has 0 bridgehead atoms. The zero-order chi connectivity index (χ0) is 15.5. The van der Waals surface area contributed by atoms with Crippen LogP contribution in [0.3, 0.4) is 0 Å². The van der Waals surface area contributed by atoms with Crippen LogP contribution in [0, 0.1) is 19.3 Å². The van der Waals surface area contributed by atoms with Crippen LogP contribution in [0.25, 0.3) is 0 Å². The van der Waals surface area contributed by atoms with Crippen LogP contribution in [0.5, 0.6) is 0 Å². The minimum Gasteiger partial charge on any atom is -0.396 e. The van der Waals surface area contributed by atoms with Gasteiger partial charge in [-0.15, -0.1) is 0 Å². The minimum atomic E-state index is -0.110. The highest BCUT2D eigenvalue weighted by atomic mass is 16.5. The average Bonchev–Trinajstić information content (AvgIpc) is 3.02. The van der Waals surface area contributed by atoms with Crippen LogP contribution in [0.1, 0.15) is 41.5 Å². The lowest BCUT2D eigenvalue weighted by Gasteiger charge is -2.26. The fourth-order valence-electron chi connectivity index (χ4n) is 3.19. The number of hydrogen-bond donors (Lipinski definition) is 2. The predicted octanol–water partition coefficient (Wildman–Crippen LogP) is 1.64. The molecular formula is C16H26N2O3.